The van der Waals surface area contributed by atoms with Crippen LogP contribution in [0, 0.1) is 0 Å². The third-order valence-electron chi connectivity index (χ3n) is 3.84. The molecular weight excluding hydrogens is 314 g/mol. The van der Waals surface area contributed by atoms with Crippen molar-refractivity contribution >= 4 is 26.8 Å². The van der Waals surface area contributed by atoms with Crippen LogP contribution in [-0.2, 0) is 0 Å². The molecule has 0 fully saturated rings. The quantitative estimate of drug-likeness (QED) is 0.507. The number of hydrogen-bond donors (Lipinski definition) is 2. The van der Waals surface area contributed by atoms with E-state index in [4.69, 9.17) is 10.8 Å². The van der Waals surface area contributed by atoms with E-state index in [0.29, 0.717) is 0 Å². The van der Waals surface area contributed by atoms with Crippen LogP contribution in [0.2, 0.25) is 0 Å². The van der Waals surface area contributed by atoms with E-state index in [1.54, 1.807) is 0 Å². The zero-order valence-electron chi connectivity index (χ0n) is 11.3. The van der Waals surface area contributed by atoms with Gasteiger partial charge >= 0.3 is 0 Å². The minimum Gasteiger partial charge on any atom is -0.271 e. The van der Waals surface area contributed by atoms with Crippen LogP contribution in [0.4, 0.5) is 0 Å². The fourth-order valence-electron chi connectivity index (χ4n) is 2.79. The number of rotatable bonds is 3. The summed E-state index contributed by atoms with van der Waals surface area (Å²) in [5.74, 6) is 5.80. The highest BCUT2D eigenvalue weighted by atomic mass is 79.9. The van der Waals surface area contributed by atoms with Gasteiger partial charge in [0.2, 0.25) is 0 Å². The Hall–Kier alpha value is -1.23. The molecule has 0 saturated carbocycles. The molecule has 3 rings (SSSR count). The molecule has 20 heavy (non-hydrogen) atoms. The number of para-hydroxylation sites is 1. The monoisotopic (exact) mass is 331 g/mol. The summed E-state index contributed by atoms with van der Waals surface area (Å²) in [5.41, 5.74) is 6.26. The number of nitrogens with one attached hydrogen (secondary N) is 1. The molecule has 0 amide bonds. The normalized spacial score (nSPS) is 17.0. The number of allylic oxidation sites excluding steroid dienone is 1. The molecule has 1 aromatic carbocycles. The van der Waals surface area contributed by atoms with E-state index < -0.39 is 0 Å². The first-order chi connectivity index (χ1) is 9.79. The molecule has 1 heterocycles. The largest absolute Gasteiger partial charge is 0.271 e. The Morgan fingerprint density at radius 2 is 2.10 bits per heavy atom. The zero-order valence-corrected chi connectivity index (χ0v) is 12.9. The van der Waals surface area contributed by atoms with E-state index in [1.807, 2.05) is 18.2 Å². The smallest absolute Gasteiger partial charge is 0.0853 e. The van der Waals surface area contributed by atoms with Gasteiger partial charge in [-0.1, -0.05) is 24.3 Å². The van der Waals surface area contributed by atoms with Gasteiger partial charge in [-0.25, -0.2) is 10.4 Å². The van der Waals surface area contributed by atoms with Crippen LogP contribution in [0.25, 0.3) is 10.9 Å². The summed E-state index contributed by atoms with van der Waals surface area (Å²) < 4.78 is 1.01. The van der Waals surface area contributed by atoms with Gasteiger partial charge in [0.1, 0.15) is 0 Å². The predicted molar refractivity (Wildman–Crippen MR) is 86.1 cm³/mol. The molecular formula is C16H18BrN3. The molecule has 0 radical (unpaired) electrons. The van der Waals surface area contributed by atoms with E-state index in [2.05, 4.69) is 39.6 Å². The van der Waals surface area contributed by atoms with Gasteiger partial charge in [0.15, 0.2) is 0 Å². The maximum Gasteiger partial charge on any atom is 0.0853 e. The fourth-order valence-corrected chi connectivity index (χ4v) is 3.36. The summed E-state index contributed by atoms with van der Waals surface area (Å²) in [5, 5.41) is 1.14. The Balaban J connectivity index is 2.06. The Kier molecular flexibility index (Phi) is 4.15. The van der Waals surface area contributed by atoms with Crippen molar-refractivity contribution in [2.45, 2.75) is 31.7 Å². The molecule has 1 aromatic heterocycles. The number of nitrogens with zero attached hydrogens (tertiary/aromatic N) is 1. The van der Waals surface area contributed by atoms with Crippen LogP contribution >= 0.6 is 15.9 Å². The first kappa shape index (κ1) is 13.7. The number of fused-ring (bicyclic) bond motifs is 1. The highest BCUT2D eigenvalue weighted by Gasteiger charge is 2.21. The first-order valence-electron chi connectivity index (χ1n) is 7.00. The lowest BCUT2D eigenvalue weighted by molar-refractivity contribution is 0.555. The minimum atomic E-state index is -0.00530. The van der Waals surface area contributed by atoms with Gasteiger partial charge in [-0.05, 0) is 59.3 Å². The maximum absolute atomic E-state index is 5.80. The van der Waals surface area contributed by atoms with E-state index >= 15 is 0 Å². The van der Waals surface area contributed by atoms with Gasteiger partial charge in [0.05, 0.1) is 17.3 Å². The van der Waals surface area contributed by atoms with E-state index in [0.717, 1.165) is 33.9 Å². The summed E-state index contributed by atoms with van der Waals surface area (Å²) >= 11 is 3.64. The lowest BCUT2D eigenvalue weighted by atomic mass is 9.92. The number of benzene rings is 1. The van der Waals surface area contributed by atoms with Crippen LogP contribution in [0.1, 0.15) is 37.4 Å². The Bertz CT molecular complexity index is 651. The second-order valence-electron chi connectivity index (χ2n) is 5.17. The minimum absolute atomic E-state index is 0.00530. The van der Waals surface area contributed by atoms with Crippen LogP contribution in [-0.4, -0.2) is 4.98 Å². The van der Waals surface area contributed by atoms with E-state index in [1.165, 1.54) is 18.4 Å². The topological polar surface area (TPSA) is 50.9 Å². The molecule has 0 bridgehead atoms. The third kappa shape index (κ3) is 2.64. The zero-order chi connectivity index (χ0) is 13.9. The summed E-state index contributed by atoms with van der Waals surface area (Å²) in [7, 11) is 0. The van der Waals surface area contributed by atoms with Crippen molar-refractivity contribution < 1.29 is 0 Å². The molecule has 1 aliphatic carbocycles. The third-order valence-corrected chi connectivity index (χ3v) is 4.48. The molecule has 0 saturated heterocycles. The predicted octanol–water partition coefficient (Wildman–Crippen LogP) is 4.00. The molecule has 4 heteroatoms. The maximum atomic E-state index is 5.80. The lowest BCUT2D eigenvalue weighted by Crippen LogP contribution is -2.31. The van der Waals surface area contributed by atoms with Gasteiger partial charge < -0.3 is 0 Å². The van der Waals surface area contributed by atoms with Crippen LogP contribution < -0.4 is 11.3 Å². The summed E-state index contributed by atoms with van der Waals surface area (Å²) in [6, 6.07) is 10.3. The fraction of sp³-hybridized carbons (Fsp3) is 0.312. The van der Waals surface area contributed by atoms with Crippen LogP contribution in [0.3, 0.4) is 0 Å². The van der Waals surface area contributed by atoms with Crippen LogP contribution in [0.5, 0.6) is 0 Å². The van der Waals surface area contributed by atoms with Crippen molar-refractivity contribution in [1.29, 1.82) is 0 Å². The molecule has 0 aliphatic heterocycles. The molecule has 1 aliphatic rings. The van der Waals surface area contributed by atoms with Gasteiger partial charge in [-0.2, -0.15) is 0 Å². The summed E-state index contributed by atoms with van der Waals surface area (Å²) in [6.45, 7) is 0. The first-order valence-corrected chi connectivity index (χ1v) is 7.79. The van der Waals surface area contributed by atoms with Gasteiger partial charge in [0.25, 0.3) is 0 Å². The molecule has 104 valence electrons. The Morgan fingerprint density at radius 3 is 2.85 bits per heavy atom. The van der Waals surface area contributed by atoms with Crippen molar-refractivity contribution in [3.63, 3.8) is 0 Å². The molecule has 1 atom stereocenters. The molecule has 1 unspecified atom stereocenters. The average molecular weight is 332 g/mol. The summed E-state index contributed by atoms with van der Waals surface area (Å²) in [4.78, 5) is 4.79. The second-order valence-corrected chi connectivity index (χ2v) is 6.03. The number of hydrazine groups is 1. The van der Waals surface area contributed by atoms with Crippen molar-refractivity contribution in [2.75, 3.05) is 0 Å². The summed E-state index contributed by atoms with van der Waals surface area (Å²) in [6.07, 6.45) is 7.04. The highest BCUT2D eigenvalue weighted by Crippen LogP contribution is 2.33. The molecule has 3 N–H and O–H groups in total. The van der Waals surface area contributed by atoms with Crippen LogP contribution in [0.15, 0.2) is 46.5 Å². The van der Waals surface area contributed by atoms with E-state index in [-0.39, 0.29) is 6.04 Å². The van der Waals surface area contributed by atoms with Gasteiger partial charge in [-0.15, -0.1) is 0 Å². The second kappa shape index (κ2) is 6.04. The van der Waals surface area contributed by atoms with Crippen molar-refractivity contribution in [2.24, 2.45) is 5.84 Å². The Labute approximate surface area is 127 Å². The number of nitrogens with two attached hydrogens (primary N) is 1. The van der Waals surface area contributed by atoms with Crippen molar-refractivity contribution in [3.05, 3.63) is 52.1 Å². The SMILES string of the molecule is NNC(C1=CCCCC1)c1nc2ccccc2cc1Br. The van der Waals surface area contributed by atoms with Crippen molar-refractivity contribution in [3.8, 4) is 0 Å². The van der Waals surface area contributed by atoms with Gasteiger partial charge in [0, 0.05) is 9.86 Å². The highest BCUT2D eigenvalue weighted by molar-refractivity contribution is 9.10. The standard InChI is InChI=1S/C16H18BrN3/c17-13-10-12-8-4-5-9-14(12)19-16(13)15(20-18)11-6-2-1-3-7-11/h4-6,8-10,15,20H,1-3,7,18H2. The molecule has 3 nitrogen and oxygen atoms in total. The number of halogens is 1. The molecule has 0 spiro atoms. The average Bonchev–Trinajstić information content (AvgIpc) is 2.49. The Morgan fingerprint density at radius 1 is 1.25 bits per heavy atom. The lowest BCUT2D eigenvalue weighted by Gasteiger charge is -2.23. The van der Waals surface area contributed by atoms with Crippen molar-refractivity contribution in [1.82, 2.24) is 10.4 Å². The number of aromatic nitrogens is 1. The molecule has 2 aromatic rings. The number of hydrogen-bond acceptors (Lipinski definition) is 3. The van der Waals surface area contributed by atoms with E-state index in [9.17, 15) is 0 Å². The number of pyridine rings is 1. The van der Waals surface area contributed by atoms with Gasteiger partial charge in [-0.3, -0.25) is 5.84 Å².